The maximum Gasteiger partial charge on any atom is 0.253 e. The second kappa shape index (κ2) is 24.6. The summed E-state index contributed by atoms with van der Waals surface area (Å²) in [7, 11) is 1.67. The second-order valence-corrected chi connectivity index (χ2v) is 14.6. The standard InChI is InChI=1S/C40H55N5O2S.C2H7N.C2H6/c1-8-10-16-36-31(5)43-32(6)45(36)35(28-30(3)4)19-24-41-25-20-40(34-14-12-11-13-15-34)21-26-44(27-22-40)39(46)33-17-18-37(47-7)38(29-33)48-42-23-9-2;1-2-3;1-2/h8,10-18,24,29-30,35,42H,5,9,19-23,25-28H2,1-4,6-7H3;2-3H2,1H3;1-2H3/b10-8-,36-16+,41-24?;;. The number of amides is 1. The Kier molecular flexibility index (Phi) is 21.1. The van der Waals surface area contributed by atoms with Crippen LogP contribution in [-0.2, 0) is 5.41 Å². The number of ether oxygens (including phenoxy) is 1. The largest absolute Gasteiger partial charge is 0.496 e. The van der Waals surface area contributed by atoms with Gasteiger partial charge >= 0.3 is 0 Å². The average Bonchev–Trinajstić information content (AvgIpc) is 3.46. The Morgan fingerprint density at radius 1 is 1.15 bits per heavy atom. The molecular weight excluding hydrogens is 677 g/mol. The minimum Gasteiger partial charge on any atom is -0.496 e. The van der Waals surface area contributed by atoms with Crippen LogP contribution in [0.1, 0.15) is 115 Å². The van der Waals surface area contributed by atoms with E-state index in [9.17, 15) is 4.79 Å². The predicted molar refractivity (Wildman–Crippen MR) is 229 cm³/mol. The van der Waals surface area contributed by atoms with Gasteiger partial charge < -0.3 is 19.9 Å². The van der Waals surface area contributed by atoms with Gasteiger partial charge in [-0.1, -0.05) is 90.6 Å². The quantitative estimate of drug-likeness (QED) is 0.0871. The molecule has 3 N–H and O–H groups in total. The van der Waals surface area contributed by atoms with Gasteiger partial charge in [0, 0.05) is 55.8 Å². The lowest BCUT2D eigenvalue weighted by Gasteiger charge is -2.42. The van der Waals surface area contributed by atoms with E-state index < -0.39 is 0 Å². The van der Waals surface area contributed by atoms with Crippen molar-refractivity contribution in [2.24, 2.45) is 16.6 Å². The van der Waals surface area contributed by atoms with Gasteiger partial charge in [-0.2, -0.15) is 0 Å². The molecule has 0 spiro atoms. The Hall–Kier alpha value is -3.66. The van der Waals surface area contributed by atoms with Gasteiger partial charge in [0.05, 0.1) is 22.7 Å². The summed E-state index contributed by atoms with van der Waals surface area (Å²) in [5, 5.41) is 1.90. The molecule has 8 nitrogen and oxygen atoms in total. The van der Waals surface area contributed by atoms with E-state index in [-0.39, 0.29) is 17.4 Å². The number of aryl methyl sites for hydroxylation is 1. The first-order valence-electron chi connectivity index (χ1n) is 19.6. The predicted octanol–water partition coefficient (Wildman–Crippen LogP) is 8.28. The summed E-state index contributed by atoms with van der Waals surface area (Å²) in [5.74, 6) is 2.40. The molecule has 0 aliphatic carbocycles. The lowest BCUT2D eigenvalue weighted by molar-refractivity contribution is 0.0660. The number of carbonyl (C=O) groups excluding carboxylic acids is 1. The van der Waals surface area contributed by atoms with Gasteiger partial charge in [-0.15, -0.1) is 0 Å². The number of nitrogens with one attached hydrogen (secondary N) is 1. The molecule has 1 aromatic heterocycles. The molecule has 53 heavy (non-hydrogen) atoms. The molecule has 3 aromatic rings. The molecule has 1 aliphatic rings. The summed E-state index contributed by atoms with van der Waals surface area (Å²) in [6.45, 7) is 24.7. The molecule has 2 heterocycles. The van der Waals surface area contributed by atoms with Crippen LogP contribution in [0, 0.1) is 12.8 Å². The number of carbonyl (C=O) groups is 1. The van der Waals surface area contributed by atoms with Gasteiger partial charge in [-0.3, -0.25) is 14.5 Å². The van der Waals surface area contributed by atoms with Crippen molar-refractivity contribution in [1.29, 1.82) is 0 Å². The minimum absolute atomic E-state index is 0.0178. The number of allylic oxidation sites excluding steroid dienone is 2. The van der Waals surface area contributed by atoms with Crippen LogP contribution >= 0.6 is 11.9 Å². The third-order valence-electron chi connectivity index (χ3n) is 9.32. The molecule has 0 saturated carbocycles. The van der Waals surface area contributed by atoms with Gasteiger partial charge in [-0.25, -0.2) is 4.98 Å². The van der Waals surface area contributed by atoms with Crippen LogP contribution in [0.25, 0.3) is 12.7 Å². The number of benzene rings is 2. The van der Waals surface area contributed by atoms with E-state index in [0.29, 0.717) is 11.5 Å². The van der Waals surface area contributed by atoms with E-state index in [1.165, 1.54) is 17.5 Å². The van der Waals surface area contributed by atoms with Crippen LogP contribution in [0.15, 0.2) is 70.6 Å². The lowest BCUT2D eigenvalue weighted by Crippen LogP contribution is -2.45. The third-order valence-corrected chi connectivity index (χ3v) is 10.2. The Balaban J connectivity index is 0.00000185. The SMILES string of the molecule is C=c1nc(C)n(C(CC=NCCC2(c3ccccc3)CCN(C(=O)c3ccc(OC)c(SNCCC)c3)CC2)CC(C)C)/c1=C/C=C\C.CC.CCN. The fourth-order valence-electron chi connectivity index (χ4n) is 6.78. The number of aliphatic imine (C=N–C) groups is 1. The molecule has 0 radical (unpaired) electrons. The first-order valence-corrected chi connectivity index (χ1v) is 20.4. The number of nitrogens with zero attached hydrogens (tertiary/aromatic N) is 4. The summed E-state index contributed by atoms with van der Waals surface area (Å²) in [5.41, 5.74) is 6.88. The smallest absolute Gasteiger partial charge is 0.253 e. The Labute approximate surface area is 325 Å². The van der Waals surface area contributed by atoms with Crippen molar-refractivity contribution >= 4 is 36.7 Å². The van der Waals surface area contributed by atoms with E-state index in [2.05, 4.69) is 92.3 Å². The van der Waals surface area contributed by atoms with Crippen LogP contribution in [0.3, 0.4) is 0 Å². The number of nitrogens with two attached hydrogens (primary N) is 1. The number of aromatic nitrogens is 2. The highest BCUT2D eigenvalue weighted by Crippen LogP contribution is 2.39. The van der Waals surface area contributed by atoms with Crippen LogP contribution in [0.5, 0.6) is 5.75 Å². The molecule has 2 aromatic carbocycles. The number of piperidine rings is 1. The molecule has 1 unspecified atom stereocenters. The summed E-state index contributed by atoms with van der Waals surface area (Å²) < 4.78 is 11.3. The molecule has 1 amide bonds. The zero-order valence-electron chi connectivity index (χ0n) is 34.2. The Bertz CT molecular complexity index is 1660. The molecule has 4 rings (SSSR count). The number of rotatable bonds is 16. The van der Waals surface area contributed by atoms with Gasteiger partial charge in [-0.05, 0) is 100 Å². The summed E-state index contributed by atoms with van der Waals surface area (Å²) in [4.78, 5) is 26.4. The molecule has 292 valence electrons. The van der Waals surface area contributed by atoms with Crippen molar-refractivity contribution in [3.8, 4) is 5.75 Å². The average molecular weight is 745 g/mol. The Morgan fingerprint density at radius 3 is 2.43 bits per heavy atom. The number of methoxy groups -OCH3 is 1. The number of imidazole rings is 1. The number of likely N-dealkylation sites (tertiary alicyclic amines) is 1. The van der Waals surface area contributed by atoms with E-state index in [4.69, 9.17) is 20.4 Å². The molecule has 1 atom stereocenters. The van der Waals surface area contributed by atoms with E-state index in [0.717, 1.165) is 98.4 Å². The topological polar surface area (TPSA) is 97.8 Å². The van der Waals surface area contributed by atoms with Crippen molar-refractivity contribution in [1.82, 2.24) is 19.2 Å². The van der Waals surface area contributed by atoms with E-state index in [1.54, 1.807) is 7.11 Å². The van der Waals surface area contributed by atoms with Gasteiger partial charge in [0.15, 0.2) is 0 Å². The van der Waals surface area contributed by atoms with Crippen molar-refractivity contribution in [3.63, 3.8) is 0 Å². The van der Waals surface area contributed by atoms with Crippen molar-refractivity contribution < 1.29 is 9.53 Å². The summed E-state index contributed by atoms with van der Waals surface area (Å²) >= 11 is 1.52. The zero-order chi connectivity index (χ0) is 39.2. The highest BCUT2D eigenvalue weighted by molar-refractivity contribution is 7.97. The highest BCUT2D eigenvalue weighted by Gasteiger charge is 2.37. The third kappa shape index (κ3) is 13.6. The van der Waals surface area contributed by atoms with E-state index >= 15 is 0 Å². The van der Waals surface area contributed by atoms with Crippen molar-refractivity contribution in [3.05, 3.63) is 88.3 Å². The van der Waals surface area contributed by atoms with Crippen molar-refractivity contribution in [2.45, 2.75) is 110 Å². The molecule has 1 fully saturated rings. The normalized spacial score (nSPS) is 14.9. The monoisotopic (exact) mass is 745 g/mol. The number of hydrogen-bond acceptors (Lipinski definition) is 7. The molecular formula is C44H68N6O2S. The minimum atomic E-state index is -0.0178. The maximum absolute atomic E-state index is 13.7. The molecule has 9 heteroatoms. The molecule has 0 bridgehead atoms. The first kappa shape index (κ1) is 45.5. The van der Waals surface area contributed by atoms with Crippen LogP contribution < -0.4 is 25.9 Å². The highest BCUT2D eigenvalue weighted by atomic mass is 32.2. The van der Waals surface area contributed by atoms with Crippen LogP contribution in [-0.4, -0.2) is 66.4 Å². The fourth-order valence-corrected chi connectivity index (χ4v) is 7.68. The zero-order valence-corrected chi connectivity index (χ0v) is 35.0. The van der Waals surface area contributed by atoms with E-state index in [1.807, 2.05) is 56.9 Å². The molecule has 1 aliphatic heterocycles. The fraction of sp³-hybridized carbons (Fsp3) is 0.523. The van der Waals surface area contributed by atoms with Gasteiger partial charge in [0.2, 0.25) is 0 Å². The lowest BCUT2D eigenvalue weighted by atomic mass is 9.70. The summed E-state index contributed by atoms with van der Waals surface area (Å²) in [6, 6.07) is 16.8. The van der Waals surface area contributed by atoms with Gasteiger partial charge in [0.25, 0.3) is 5.91 Å². The van der Waals surface area contributed by atoms with Gasteiger partial charge in [0.1, 0.15) is 11.6 Å². The maximum atomic E-state index is 13.7. The first-order chi connectivity index (χ1) is 25.6. The summed E-state index contributed by atoms with van der Waals surface area (Å²) in [6.07, 6.45) is 14.0. The van der Waals surface area contributed by atoms with Crippen LogP contribution in [0.4, 0.5) is 0 Å². The number of hydrogen-bond donors (Lipinski definition) is 2. The Morgan fingerprint density at radius 2 is 1.83 bits per heavy atom. The van der Waals surface area contributed by atoms with Crippen molar-refractivity contribution in [2.75, 3.05) is 39.8 Å². The van der Waals surface area contributed by atoms with Crippen LogP contribution in [0.2, 0.25) is 0 Å². The second-order valence-electron chi connectivity index (χ2n) is 13.6. The molecule has 1 saturated heterocycles.